The van der Waals surface area contributed by atoms with Gasteiger partial charge in [-0.3, -0.25) is 4.79 Å². The van der Waals surface area contributed by atoms with Gasteiger partial charge in [-0.05, 0) is 37.8 Å². The van der Waals surface area contributed by atoms with E-state index in [0.29, 0.717) is 10.5 Å². The molecule has 0 heterocycles. The molecule has 0 fully saturated rings. The molecule has 0 aliphatic carbocycles. The van der Waals surface area contributed by atoms with Gasteiger partial charge in [-0.1, -0.05) is 63.6 Å². The summed E-state index contributed by atoms with van der Waals surface area (Å²) < 4.78 is 38.2. The van der Waals surface area contributed by atoms with Crippen molar-refractivity contribution >= 4 is 11.5 Å². The molecule has 1 aromatic rings. The number of rotatable bonds is 6. The van der Waals surface area contributed by atoms with Crippen molar-refractivity contribution in [1.29, 1.82) is 0 Å². The van der Waals surface area contributed by atoms with Gasteiger partial charge in [-0.25, -0.2) is 0 Å². The molecular weight excluding hydrogens is 339 g/mol. The normalized spacial score (nSPS) is 12.3. The van der Waals surface area contributed by atoms with E-state index >= 15 is 0 Å². The molecular formula is C21H30F3NO. The van der Waals surface area contributed by atoms with E-state index in [1.165, 1.54) is 6.08 Å². The maximum absolute atomic E-state index is 12.7. The van der Waals surface area contributed by atoms with E-state index < -0.39 is 12.1 Å². The smallest absolute Gasteiger partial charge is 0.307 e. The number of carbonyl (C=O) groups excluding carboxylic acids is 1. The van der Waals surface area contributed by atoms with Crippen LogP contribution in [0.2, 0.25) is 0 Å². The van der Waals surface area contributed by atoms with E-state index in [4.69, 9.17) is 0 Å². The van der Waals surface area contributed by atoms with Crippen molar-refractivity contribution in [3.8, 4) is 0 Å². The molecule has 1 rings (SSSR count). The number of alkyl halides is 3. The Hall–Kier alpha value is -2.04. The van der Waals surface area contributed by atoms with Crippen LogP contribution in [0, 0.1) is 0 Å². The number of aryl methyl sites for hydroxylation is 1. The number of hydrogen-bond acceptors (Lipinski definition) is 1. The number of unbranched alkanes of at least 4 members (excludes halogenated alkanes) is 1. The monoisotopic (exact) mass is 369 g/mol. The van der Waals surface area contributed by atoms with Gasteiger partial charge in [0.1, 0.15) is 0 Å². The minimum atomic E-state index is -4.90. The lowest BCUT2D eigenvalue weighted by Gasteiger charge is -2.24. The molecule has 0 saturated carbocycles. The van der Waals surface area contributed by atoms with Gasteiger partial charge < -0.3 is 4.90 Å². The number of carbonyl (C=O) groups is 1. The minimum absolute atomic E-state index is 0.243. The molecule has 0 bridgehead atoms. The SMILES string of the molecule is C/C=C(\C(=C/C)N(C)C(=O)C(F)(F)F)c1cccc(CCCC)c1.CC. The Kier molecular flexibility index (Phi) is 10.6. The number of nitrogens with zero attached hydrogens (tertiary/aromatic N) is 1. The zero-order chi connectivity index (χ0) is 20.3. The first-order chi connectivity index (χ1) is 12.3. The van der Waals surface area contributed by atoms with E-state index in [1.54, 1.807) is 19.9 Å². The first kappa shape index (κ1) is 24.0. The van der Waals surface area contributed by atoms with Crippen molar-refractivity contribution in [3.63, 3.8) is 0 Å². The van der Waals surface area contributed by atoms with Gasteiger partial charge in [0.15, 0.2) is 0 Å². The van der Waals surface area contributed by atoms with Crippen LogP contribution in [0.25, 0.3) is 5.57 Å². The maximum atomic E-state index is 12.7. The predicted molar refractivity (Wildman–Crippen MR) is 103 cm³/mol. The van der Waals surface area contributed by atoms with Gasteiger partial charge in [-0.15, -0.1) is 0 Å². The molecule has 2 nitrogen and oxygen atoms in total. The van der Waals surface area contributed by atoms with Gasteiger partial charge in [0.2, 0.25) is 0 Å². The standard InChI is InChI=1S/C19H24F3NO.C2H6/c1-5-8-10-14-11-9-12-15(13-14)16(6-2)17(7-3)23(4)18(24)19(20,21)22;1-2/h6-7,9,11-13H,5,8,10H2,1-4H3;1-2H3/b16-6-,17-7+;. The molecule has 0 N–H and O–H groups in total. The topological polar surface area (TPSA) is 20.3 Å². The number of likely N-dealkylation sites (N-methyl/N-ethyl adjacent to an activating group) is 1. The molecule has 1 amide bonds. The van der Waals surface area contributed by atoms with Crippen molar-refractivity contribution in [2.24, 2.45) is 0 Å². The third-order valence-corrected chi connectivity index (χ3v) is 3.80. The molecule has 0 aromatic heterocycles. The fourth-order valence-corrected chi connectivity index (χ4v) is 2.57. The highest BCUT2D eigenvalue weighted by molar-refractivity contribution is 5.89. The Labute approximate surface area is 155 Å². The Morgan fingerprint density at radius 1 is 1.15 bits per heavy atom. The zero-order valence-electron chi connectivity index (χ0n) is 16.6. The lowest BCUT2D eigenvalue weighted by molar-refractivity contribution is -0.181. The average molecular weight is 369 g/mol. The summed E-state index contributed by atoms with van der Waals surface area (Å²) in [7, 11) is 1.15. The zero-order valence-corrected chi connectivity index (χ0v) is 16.6. The van der Waals surface area contributed by atoms with Gasteiger partial charge >= 0.3 is 12.1 Å². The summed E-state index contributed by atoms with van der Waals surface area (Å²) in [6.45, 7) is 9.49. The Morgan fingerprint density at radius 3 is 2.23 bits per heavy atom. The molecule has 5 heteroatoms. The van der Waals surface area contributed by atoms with E-state index in [2.05, 4.69) is 6.92 Å². The third kappa shape index (κ3) is 6.70. The molecule has 0 spiro atoms. The molecule has 0 aliphatic rings. The lowest BCUT2D eigenvalue weighted by Crippen LogP contribution is -2.38. The van der Waals surface area contributed by atoms with Gasteiger partial charge in [0.25, 0.3) is 0 Å². The van der Waals surface area contributed by atoms with E-state index in [0.717, 1.165) is 37.4 Å². The van der Waals surface area contributed by atoms with E-state index in [9.17, 15) is 18.0 Å². The maximum Gasteiger partial charge on any atom is 0.471 e. The van der Waals surface area contributed by atoms with Crippen LogP contribution in [0.15, 0.2) is 42.1 Å². The quantitative estimate of drug-likeness (QED) is 0.533. The van der Waals surface area contributed by atoms with Gasteiger partial charge in [-0.2, -0.15) is 13.2 Å². The first-order valence-corrected chi connectivity index (χ1v) is 9.03. The van der Waals surface area contributed by atoms with Crippen molar-refractivity contribution in [1.82, 2.24) is 4.90 Å². The van der Waals surface area contributed by atoms with Gasteiger partial charge in [0, 0.05) is 18.3 Å². The number of amides is 1. The van der Waals surface area contributed by atoms with Crippen LogP contribution in [0.3, 0.4) is 0 Å². The highest BCUT2D eigenvalue weighted by Crippen LogP contribution is 2.29. The van der Waals surface area contributed by atoms with Crippen molar-refractivity contribution < 1.29 is 18.0 Å². The number of halogens is 3. The molecule has 0 aliphatic heterocycles. The van der Waals surface area contributed by atoms with Crippen molar-refractivity contribution in [2.75, 3.05) is 7.05 Å². The van der Waals surface area contributed by atoms with E-state index in [1.807, 2.05) is 38.1 Å². The fourth-order valence-electron chi connectivity index (χ4n) is 2.57. The van der Waals surface area contributed by atoms with E-state index in [-0.39, 0.29) is 5.70 Å². The van der Waals surface area contributed by atoms with Crippen LogP contribution >= 0.6 is 0 Å². The number of allylic oxidation sites excluding steroid dienone is 3. The molecule has 0 saturated heterocycles. The fraction of sp³-hybridized carbons (Fsp3) is 0.476. The molecule has 0 radical (unpaired) electrons. The second-order valence-electron chi connectivity index (χ2n) is 5.54. The van der Waals surface area contributed by atoms with Gasteiger partial charge in [0.05, 0.1) is 0 Å². The summed E-state index contributed by atoms with van der Waals surface area (Å²) in [5.41, 5.74) is 2.79. The van der Waals surface area contributed by atoms with Crippen LogP contribution in [-0.2, 0) is 11.2 Å². The molecule has 0 atom stereocenters. The Bertz CT molecular complexity index is 630. The second kappa shape index (κ2) is 11.6. The Balaban J connectivity index is 0.00000301. The summed E-state index contributed by atoms with van der Waals surface area (Å²) in [5.74, 6) is -1.88. The summed E-state index contributed by atoms with van der Waals surface area (Å²) in [5, 5.41) is 0. The summed E-state index contributed by atoms with van der Waals surface area (Å²) >= 11 is 0. The van der Waals surface area contributed by atoms with Crippen LogP contribution in [0.5, 0.6) is 0 Å². The number of benzene rings is 1. The lowest BCUT2D eigenvalue weighted by atomic mass is 9.97. The highest BCUT2D eigenvalue weighted by Gasteiger charge is 2.42. The largest absolute Gasteiger partial charge is 0.471 e. The average Bonchev–Trinajstić information content (AvgIpc) is 2.64. The van der Waals surface area contributed by atoms with Crippen LogP contribution in [-0.4, -0.2) is 24.0 Å². The second-order valence-corrected chi connectivity index (χ2v) is 5.54. The highest BCUT2D eigenvalue weighted by atomic mass is 19.4. The molecule has 146 valence electrons. The first-order valence-electron chi connectivity index (χ1n) is 9.03. The minimum Gasteiger partial charge on any atom is -0.307 e. The summed E-state index contributed by atoms with van der Waals surface area (Å²) in [6.07, 6.45) is 1.40. The predicted octanol–water partition coefficient (Wildman–Crippen LogP) is 6.38. The third-order valence-electron chi connectivity index (χ3n) is 3.80. The molecule has 26 heavy (non-hydrogen) atoms. The van der Waals surface area contributed by atoms with Crippen molar-refractivity contribution in [2.45, 2.75) is 60.1 Å². The van der Waals surface area contributed by atoms with Crippen molar-refractivity contribution in [3.05, 3.63) is 53.2 Å². The summed E-state index contributed by atoms with van der Waals surface area (Å²) in [4.78, 5) is 12.2. The number of hydrogen-bond donors (Lipinski definition) is 0. The van der Waals surface area contributed by atoms with Crippen LogP contribution in [0.1, 0.15) is 58.6 Å². The van der Waals surface area contributed by atoms with Crippen LogP contribution in [0.4, 0.5) is 13.2 Å². The molecule has 0 unspecified atom stereocenters. The summed E-state index contributed by atoms with van der Waals surface area (Å²) in [6, 6.07) is 7.72. The van der Waals surface area contributed by atoms with Crippen LogP contribution < -0.4 is 0 Å². The Morgan fingerprint density at radius 2 is 1.77 bits per heavy atom. The molecule has 1 aromatic carbocycles.